The van der Waals surface area contributed by atoms with Gasteiger partial charge in [-0.2, -0.15) is 10.2 Å². The fourth-order valence-corrected chi connectivity index (χ4v) is 1.72. The molecular formula is C14H14N4O3. The minimum atomic E-state index is 0.244. The van der Waals surface area contributed by atoms with Crippen LogP contribution < -0.4 is 19.5 Å². The summed E-state index contributed by atoms with van der Waals surface area (Å²) < 4.78 is 16.1. The van der Waals surface area contributed by atoms with E-state index < -0.39 is 0 Å². The summed E-state index contributed by atoms with van der Waals surface area (Å²) in [5.41, 5.74) is 0.422. The van der Waals surface area contributed by atoms with Crippen LogP contribution in [-0.4, -0.2) is 31.2 Å². The van der Waals surface area contributed by atoms with Crippen molar-refractivity contribution in [2.45, 2.75) is 0 Å². The zero-order valence-electron chi connectivity index (χ0n) is 11.9. The average molecular weight is 286 g/mol. The van der Waals surface area contributed by atoms with Gasteiger partial charge in [-0.25, -0.2) is 4.98 Å². The lowest BCUT2D eigenvalue weighted by atomic mass is 10.2. The van der Waals surface area contributed by atoms with Crippen LogP contribution in [0.5, 0.6) is 23.1 Å². The molecule has 1 aromatic heterocycles. The van der Waals surface area contributed by atoms with Crippen molar-refractivity contribution in [3.63, 3.8) is 0 Å². The first-order chi connectivity index (χ1) is 10.2. The van der Waals surface area contributed by atoms with E-state index >= 15 is 0 Å². The average Bonchev–Trinajstić information content (AvgIpc) is 2.54. The molecule has 0 unspecified atom stereocenters. The molecule has 108 valence electrons. The van der Waals surface area contributed by atoms with Crippen LogP contribution in [0.1, 0.15) is 5.56 Å². The number of aromatic nitrogens is 2. The summed E-state index contributed by atoms with van der Waals surface area (Å²) in [6, 6.07) is 6.90. The molecule has 1 aromatic carbocycles. The summed E-state index contributed by atoms with van der Waals surface area (Å²) in [5.74, 6) is 2.07. The molecule has 0 amide bonds. The number of ether oxygens (including phenoxy) is 3. The zero-order chi connectivity index (χ0) is 15.2. The molecule has 0 bridgehead atoms. The SMILES string of the molecule is CNc1ncnc(Oc2cc(C#N)cc(OC)c2)c1OC. The van der Waals surface area contributed by atoms with E-state index in [4.69, 9.17) is 19.5 Å². The van der Waals surface area contributed by atoms with Crippen molar-refractivity contribution in [1.29, 1.82) is 5.26 Å². The Labute approximate surface area is 122 Å². The lowest BCUT2D eigenvalue weighted by Gasteiger charge is -2.12. The Morgan fingerprint density at radius 3 is 2.48 bits per heavy atom. The maximum Gasteiger partial charge on any atom is 0.268 e. The first-order valence-corrected chi connectivity index (χ1v) is 6.05. The van der Waals surface area contributed by atoms with Gasteiger partial charge in [-0.1, -0.05) is 0 Å². The van der Waals surface area contributed by atoms with E-state index in [0.717, 1.165) is 0 Å². The van der Waals surface area contributed by atoms with E-state index in [0.29, 0.717) is 28.6 Å². The highest BCUT2D eigenvalue weighted by atomic mass is 16.5. The monoisotopic (exact) mass is 286 g/mol. The molecule has 2 aromatic rings. The van der Waals surface area contributed by atoms with E-state index in [1.165, 1.54) is 20.5 Å². The molecule has 0 aliphatic carbocycles. The Morgan fingerprint density at radius 2 is 1.86 bits per heavy atom. The van der Waals surface area contributed by atoms with Crippen LogP contribution in [0.3, 0.4) is 0 Å². The Bertz CT molecular complexity index is 682. The van der Waals surface area contributed by atoms with Crippen LogP contribution in [0.25, 0.3) is 0 Å². The number of rotatable bonds is 5. The van der Waals surface area contributed by atoms with Crippen LogP contribution in [-0.2, 0) is 0 Å². The van der Waals surface area contributed by atoms with Crippen LogP contribution in [0, 0.1) is 11.3 Å². The van der Waals surface area contributed by atoms with Crippen molar-refractivity contribution in [3.05, 3.63) is 30.1 Å². The van der Waals surface area contributed by atoms with Gasteiger partial charge in [-0.15, -0.1) is 0 Å². The summed E-state index contributed by atoms with van der Waals surface area (Å²) >= 11 is 0. The van der Waals surface area contributed by atoms with E-state index in [1.807, 2.05) is 6.07 Å². The van der Waals surface area contributed by atoms with Gasteiger partial charge >= 0.3 is 0 Å². The highest BCUT2D eigenvalue weighted by Crippen LogP contribution is 2.35. The second-order valence-electron chi connectivity index (χ2n) is 3.92. The molecule has 1 N–H and O–H groups in total. The van der Waals surface area contributed by atoms with Gasteiger partial charge in [0.15, 0.2) is 5.82 Å². The van der Waals surface area contributed by atoms with Gasteiger partial charge in [0.1, 0.15) is 17.8 Å². The van der Waals surface area contributed by atoms with Gasteiger partial charge in [-0.05, 0) is 12.1 Å². The summed E-state index contributed by atoms with van der Waals surface area (Å²) in [4.78, 5) is 8.08. The Kier molecular flexibility index (Phi) is 4.41. The quantitative estimate of drug-likeness (QED) is 0.901. The third-order valence-corrected chi connectivity index (χ3v) is 2.67. The van der Waals surface area contributed by atoms with Gasteiger partial charge in [0.2, 0.25) is 5.75 Å². The van der Waals surface area contributed by atoms with Crippen LogP contribution in [0.2, 0.25) is 0 Å². The molecule has 0 aliphatic rings. The Morgan fingerprint density at radius 1 is 1.10 bits per heavy atom. The second kappa shape index (κ2) is 6.43. The highest BCUT2D eigenvalue weighted by molar-refractivity contribution is 5.56. The number of methoxy groups -OCH3 is 2. The fourth-order valence-electron chi connectivity index (χ4n) is 1.72. The molecule has 2 rings (SSSR count). The van der Waals surface area contributed by atoms with Gasteiger partial charge in [0.05, 0.1) is 25.9 Å². The molecule has 0 saturated heterocycles. The maximum atomic E-state index is 9.01. The molecule has 7 heteroatoms. The fraction of sp³-hybridized carbons (Fsp3) is 0.214. The van der Waals surface area contributed by atoms with Crippen molar-refractivity contribution in [2.75, 3.05) is 26.6 Å². The molecule has 21 heavy (non-hydrogen) atoms. The van der Waals surface area contributed by atoms with E-state index in [-0.39, 0.29) is 5.88 Å². The van der Waals surface area contributed by atoms with Crippen LogP contribution >= 0.6 is 0 Å². The summed E-state index contributed by atoms with van der Waals surface area (Å²) in [6.07, 6.45) is 1.36. The maximum absolute atomic E-state index is 9.01. The van der Waals surface area contributed by atoms with Gasteiger partial charge in [0.25, 0.3) is 5.88 Å². The summed E-state index contributed by atoms with van der Waals surface area (Å²) in [5, 5.41) is 11.9. The first kappa shape index (κ1) is 14.4. The minimum Gasteiger partial charge on any atom is -0.497 e. The predicted octanol–water partition coefficient (Wildman–Crippen LogP) is 2.20. The number of anilines is 1. The van der Waals surface area contributed by atoms with E-state index in [2.05, 4.69) is 15.3 Å². The molecule has 0 radical (unpaired) electrons. The number of benzene rings is 1. The zero-order valence-corrected chi connectivity index (χ0v) is 11.9. The minimum absolute atomic E-state index is 0.244. The van der Waals surface area contributed by atoms with E-state index in [1.54, 1.807) is 25.2 Å². The van der Waals surface area contributed by atoms with Gasteiger partial charge in [-0.3, -0.25) is 0 Å². The van der Waals surface area contributed by atoms with Crippen molar-refractivity contribution in [3.8, 4) is 29.2 Å². The van der Waals surface area contributed by atoms with Gasteiger partial charge < -0.3 is 19.5 Å². The molecular weight excluding hydrogens is 272 g/mol. The van der Waals surface area contributed by atoms with Gasteiger partial charge in [0, 0.05) is 13.1 Å². The molecule has 1 heterocycles. The number of hydrogen-bond donors (Lipinski definition) is 1. The molecule has 0 aliphatic heterocycles. The third kappa shape index (κ3) is 3.12. The smallest absolute Gasteiger partial charge is 0.268 e. The molecule has 0 fully saturated rings. The summed E-state index contributed by atoms with van der Waals surface area (Å²) in [7, 11) is 4.73. The molecule has 7 nitrogen and oxygen atoms in total. The van der Waals surface area contributed by atoms with Crippen LogP contribution in [0.4, 0.5) is 5.82 Å². The van der Waals surface area contributed by atoms with Crippen molar-refractivity contribution in [1.82, 2.24) is 9.97 Å². The molecule has 0 saturated carbocycles. The number of nitrogens with zero attached hydrogens (tertiary/aromatic N) is 3. The predicted molar refractivity (Wildman–Crippen MR) is 75.9 cm³/mol. The van der Waals surface area contributed by atoms with Crippen molar-refractivity contribution >= 4 is 5.82 Å². The Balaban J connectivity index is 2.41. The number of nitriles is 1. The molecule has 0 atom stereocenters. The topological polar surface area (TPSA) is 89.3 Å². The number of nitrogens with one attached hydrogen (secondary N) is 1. The lowest BCUT2D eigenvalue weighted by Crippen LogP contribution is -2.01. The largest absolute Gasteiger partial charge is 0.497 e. The number of hydrogen-bond acceptors (Lipinski definition) is 7. The van der Waals surface area contributed by atoms with E-state index in [9.17, 15) is 0 Å². The highest BCUT2D eigenvalue weighted by Gasteiger charge is 2.14. The third-order valence-electron chi connectivity index (χ3n) is 2.67. The van der Waals surface area contributed by atoms with Crippen LogP contribution in [0.15, 0.2) is 24.5 Å². The van der Waals surface area contributed by atoms with Crippen molar-refractivity contribution < 1.29 is 14.2 Å². The summed E-state index contributed by atoms with van der Waals surface area (Å²) in [6.45, 7) is 0. The lowest BCUT2D eigenvalue weighted by molar-refractivity contribution is 0.366. The standard InChI is InChI=1S/C14H14N4O3/c1-16-13-12(20-3)14(18-8-17-13)21-11-5-9(7-15)4-10(6-11)19-2/h4-6,8H,1-3H3,(H,16,17,18). The Hall–Kier alpha value is -3.01. The normalized spacial score (nSPS) is 9.62. The second-order valence-corrected chi connectivity index (χ2v) is 3.92. The first-order valence-electron chi connectivity index (χ1n) is 6.05. The molecule has 0 spiro atoms. The van der Waals surface area contributed by atoms with Crippen molar-refractivity contribution in [2.24, 2.45) is 0 Å².